The minimum atomic E-state index is 0.416. The van der Waals surface area contributed by atoms with Crippen molar-refractivity contribution in [3.05, 3.63) is 22.2 Å². The van der Waals surface area contributed by atoms with Crippen molar-refractivity contribution in [1.29, 1.82) is 0 Å². The second kappa shape index (κ2) is 4.77. The van der Waals surface area contributed by atoms with Gasteiger partial charge < -0.3 is 0 Å². The van der Waals surface area contributed by atoms with Gasteiger partial charge in [-0.1, -0.05) is 37.0 Å². The minimum absolute atomic E-state index is 0.416. The molecule has 4 heteroatoms. The van der Waals surface area contributed by atoms with E-state index in [-0.39, 0.29) is 0 Å². The van der Waals surface area contributed by atoms with Gasteiger partial charge in [0.05, 0.1) is 0 Å². The van der Waals surface area contributed by atoms with Crippen LogP contribution in [-0.4, -0.2) is 9.97 Å². The molecule has 0 saturated heterocycles. The number of halogens is 2. The Morgan fingerprint density at radius 1 is 1.23 bits per heavy atom. The lowest BCUT2D eigenvalue weighted by Crippen LogP contribution is -1.98. The van der Waals surface area contributed by atoms with Gasteiger partial charge in [-0.25, -0.2) is 9.97 Å². The second-order valence-corrected chi connectivity index (χ2v) is 4.14. The number of hydrogen-bond acceptors (Lipinski definition) is 2. The lowest BCUT2D eigenvalue weighted by atomic mass is 10.1. The molecule has 0 aromatic carbocycles. The summed E-state index contributed by atoms with van der Waals surface area (Å²) in [5, 5.41) is 0.831. The molecule has 0 spiro atoms. The van der Waals surface area contributed by atoms with Crippen LogP contribution < -0.4 is 0 Å². The number of nitrogens with zero attached hydrogens (tertiary/aromatic N) is 2. The van der Waals surface area contributed by atoms with E-state index in [1.54, 1.807) is 6.07 Å². The molecule has 0 aliphatic carbocycles. The molecule has 0 amide bonds. The Hall–Kier alpha value is -0.340. The molecule has 0 aliphatic rings. The third-order valence-corrected chi connectivity index (χ3v) is 2.04. The standard InChI is InChI=1S/C9H12Cl2N2/c1-6(2)3-4-9-12-7(10)5-8(11)13-9/h5-6H,3-4H2,1-2H3. The van der Waals surface area contributed by atoms with Crippen LogP contribution in [-0.2, 0) is 6.42 Å². The fraction of sp³-hybridized carbons (Fsp3) is 0.556. The Labute approximate surface area is 88.3 Å². The van der Waals surface area contributed by atoms with E-state index in [2.05, 4.69) is 23.8 Å². The molecule has 0 atom stereocenters. The van der Waals surface area contributed by atoms with Gasteiger partial charge in [-0.05, 0) is 12.3 Å². The molecule has 1 heterocycles. The summed E-state index contributed by atoms with van der Waals surface area (Å²) in [6.45, 7) is 4.32. The summed E-state index contributed by atoms with van der Waals surface area (Å²) in [6.07, 6.45) is 1.88. The van der Waals surface area contributed by atoms with E-state index in [0.29, 0.717) is 16.2 Å². The maximum absolute atomic E-state index is 5.73. The van der Waals surface area contributed by atoms with Gasteiger partial charge in [0.1, 0.15) is 16.1 Å². The molecule has 0 saturated carbocycles. The number of hydrogen-bond donors (Lipinski definition) is 0. The first kappa shape index (κ1) is 10.7. The quantitative estimate of drug-likeness (QED) is 0.728. The Bertz CT molecular complexity index is 267. The predicted molar refractivity (Wildman–Crippen MR) is 55.2 cm³/mol. The van der Waals surface area contributed by atoms with Crippen molar-refractivity contribution < 1.29 is 0 Å². The first-order valence-corrected chi connectivity index (χ1v) is 5.02. The van der Waals surface area contributed by atoms with E-state index in [1.807, 2.05) is 0 Å². The molecule has 1 rings (SSSR count). The van der Waals surface area contributed by atoms with Crippen molar-refractivity contribution in [2.45, 2.75) is 26.7 Å². The molecule has 13 heavy (non-hydrogen) atoms. The molecule has 0 fully saturated rings. The summed E-state index contributed by atoms with van der Waals surface area (Å²) in [5.74, 6) is 1.37. The second-order valence-electron chi connectivity index (χ2n) is 3.36. The summed E-state index contributed by atoms with van der Waals surface area (Å²) in [4.78, 5) is 8.15. The highest BCUT2D eigenvalue weighted by Gasteiger charge is 2.02. The summed E-state index contributed by atoms with van der Waals surface area (Å²) in [7, 11) is 0. The molecule has 0 unspecified atom stereocenters. The largest absolute Gasteiger partial charge is 0.221 e. The molecule has 72 valence electrons. The van der Waals surface area contributed by atoms with Gasteiger partial charge in [0, 0.05) is 12.5 Å². The maximum Gasteiger partial charge on any atom is 0.134 e. The van der Waals surface area contributed by atoms with E-state index in [4.69, 9.17) is 23.2 Å². The third-order valence-electron chi connectivity index (χ3n) is 1.66. The molecule has 0 bridgehead atoms. The van der Waals surface area contributed by atoms with Crippen LogP contribution in [0.2, 0.25) is 10.3 Å². The van der Waals surface area contributed by atoms with Gasteiger partial charge >= 0.3 is 0 Å². The summed E-state index contributed by atoms with van der Waals surface area (Å²) < 4.78 is 0. The topological polar surface area (TPSA) is 25.8 Å². The van der Waals surface area contributed by atoms with Crippen molar-refractivity contribution >= 4 is 23.2 Å². The Morgan fingerprint density at radius 3 is 2.23 bits per heavy atom. The average Bonchev–Trinajstić information content (AvgIpc) is 1.99. The average molecular weight is 219 g/mol. The highest BCUT2D eigenvalue weighted by Crippen LogP contribution is 2.13. The Morgan fingerprint density at radius 2 is 1.77 bits per heavy atom. The van der Waals surface area contributed by atoms with Gasteiger partial charge in [-0.15, -0.1) is 0 Å². The summed E-state index contributed by atoms with van der Waals surface area (Å²) in [5.41, 5.74) is 0. The van der Waals surface area contributed by atoms with Crippen LogP contribution in [0.3, 0.4) is 0 Å². The van der Waals surface area contributed by atoms with Gasteiger partial charge in [0.15, 0.2) is 0 Å². The van der Waals surface area contributed by atoms with Gasteiger partial charge in [-0.2, -0.15) is 0 Å². The highest BCUT2D eigenvalue weighted by molar-refractivity contribution is 6.33. The molecule has 2 nitrogen and oxygen atoms in total. The van der Waals surface area contributed by atoms with Crippen LogP contribution in [0.25, 0.3) is 0 Å². The summed E-state index contributed by atoms with van der Waals surface area (Å²) >= 11 is 11.5. The fourth-order valence-electron chi connectivity index (χ4n) is 0.964. The highest BCUT2D eigenvalue weighted by atomic mass is 35.5. The van der Waals surface area contributed by atoms with E-state index in [1.165, 1.54) is 0 Å². The molecule has 0 radical (unpaired) electrons. The summed E-state index contributed by atoms with van der Waals surface area (Å²) in [6, 6.07) is 1.54. The Kier molecular flexibility index (Phi) is 3.94. The van der Waals surface area contributed by atoms with Gasteiger partial charge in [0.2, 0.25) is 0 Å². The number of rotatable bonds is 3. The predicted octanol–water partition coefficient (Wildman–Crippen LogP) is 3.37. The van der Waals surface area contributed by atoms with Gasteiger partial charge in [-0.3, -0.25) is 0 Å². The van der Waals surface area contributed by atoms with Crippen molar-refractivity contribution in [3.8, 4) is 0 Å². The smallest absolute Gasteiger partial charge is 0.134 e. The van der Waals surface area contributed by atoms with Crippen LogP contribution in [0, 0.1) is 5.92 Å². The SMILES string of the molecule is CC(C)CCc1nc(Cl)cc(Cl)n1. The van der Waals surface area contributed by atoms with E-state index < -0.39 is 0 Å². The number of aryl methyl sites for hydroxylation is 1. The minimum Gasteiger partial charge on any atom is -0.221 e. The zero-order valence-electron chi connectivity index (χ0n) is 7.72. The van der Waals surface area contributed by atoms with E-state index in [0.717, 1.165) is 18.7 Å². The molecular formula is C9H12Cl2N2. The molecule has 1 aromatic heterocycles. The molecule has 0 aliphatic heterocycles. The van der Waals surface area contributed by atoms with Crippen molar-refractivity contribution in [3.63, 3.8) is 0 Å². The monoisotopic (exact) mass is 218 g/mol. The van der Waals surface area contributed by atoms with Crippen molar-refractivity contribution in [2.75, 3.05) is 0 Å². The lowest BCUT2D eigenvalue weighted by Gasteiger charge is -2.03. The normalized spacial score (nSPS) is 10.8. The third kappa shape index (κ3) is 3.92. The molecule has 1 aromatic rings. The van der Waals surface area contributed by atoms with Crippen molar-refractivity contribution in [2.24, 2.45) is 5.92 Å². The van der Waals surface area contributed by atoms with Crippen LogP contribution in [0.5, 0.6) is 0 Å². The van der Waals surface area contributed by atoms with Gasteiger partial charge in [0.25, 0.3) is 0 Å². The van der Waals surface area contributed by atoms with Crippen molar-refractivity contribution in [1.82, 2.24) is 9.97 Å². The first-order chi connectivity index (χ1) is 6.08. The van der Waals surface area contributed by atoms with Crippen LogP contribution in [0.4, 0.5) is 0 Å². The first-order valence-electron chi connectivity index (χ1n) is 4.27. The van der Waals surface area contributed by atoms with Crippen LogP contribution in [0.1, 0.15) is 26.1 Å². The fourth-order valence-corrected chi connectivity index (χ4v) is 1.42. The van der Waals surface area contributed by atoms with E-state index >= 15 is 0 Å². The molecular weight excluding hydrogens is 207 g/mol. The zero-order valence-corrected chi connectivity index (χ0v) is 9.23. The Balaban J connectivity index is 2.66. The van der Waals surface area contributed by atoms with E-state index in [9.17, 15) is 0 Å². The number of aromatic nitrogens is 2. The lowest BCUT2D eigenvalue weighted by molar-refractivity contribution is 0.574. The van der Waals surface area contributed by atoms with Crippen LogP contribution in [0.15, 0.2) is 6.07 Å². The maximum atomic E-state index is 5.73. The zero-order chi connectivity index (χ0) is 9.84. The van der Waals surface area contributed by atoms with Crippen LogP contribution >= 0.6 is 23.2 Å². The molecule has 0 N–H and O–H groups in total.